The lowest BCUT2D eigenvalue weighted by Crippen LogP contribution is -2.43. The van der Waals surface area contributed by atoms with E-state index < -0.39 is 0 Å². The molecule has 0 aromatic heterocycles. The van der Waals surface area contributed by atoms with Gasteiger partial charge in [0.1, 0.15) is 0 Å². The predicted molar refractivity (Wildman–Crippen MR) is 78.4 cm³/mol. The number of rotatable bonds is 0. The summed E-state index contributed by atoms with van der Waals surface area (Å²) in [5, 5.41) is 0. The Morgan fingerprint density at radius 2 is 2.17 bits per heavy atom. The van der Waals surface area contributed by atoms with E-state index in [-0.39, 0.29) is 6.29 Å². The van der Waals surface area contributed by atoms with Gasteiger partial charge in [0.25, 0.3) is 0 Å². The third-order valence-electron chi connectivity index (χ3n) is 5.87. The quantitative estimate of drug-likeness (QED) is 0.607. The zero-order valence-electron chi connectivity index (χ0n) is 10.7. The summed E-state index contributed by atoms with van der Waals surface area (Å²) in [4.78, 5) is 0. The SMILES string of the molecule is I/C=C1\C[C@@H]2O[C@@H]3OCCC[C@@H]3[C@@]23CCCC[C@@H]13. The smallest absolute Gasteiger partial charge is 0.161 e. The highest BCUT2D eigenvalue weighted by Gasteiger charge is 2.64. The van der Waals surface area contributed by atoms with Crippen LogP contribution in [-0.2, 0) is 9.47 Å². The fraction of sp³-hybridized carbons (Fsp3) is 0.867. The van der Waals surface area contributed by atoms with E-state index in [4.69, 9.17) is 9.47 Å². The summed E-state index contributed by atoms with van der Waals surface area (Å²) in [7, 11) is 0. The number of halogens is 1. The van der Waals surface area contributed by atoms with Gasteiger partial charge < -0.3 is 9.47 Å². The van der Waals surface area contributed by atoms with E-state index >= 15 is 0 Å². The van der Waals surface area contributed by atoms with Gasteiger partial charge in [0.15, 0.2) is 6.29 Å². The molecule has 3 heteroatoms. The van der Waals surface area contributed by atoms with Crippen molar-refractivity contribution in [1.29, 1.82) is 0 Å². The monoisotopic (exact) mass is 360 g/mol. The molecule has 1 spiro atoms. The first-order valence-electron chi connectivity index (χ1n) is 7.42. The summed E-state index contributed by atoms with van der Waals surface area (Å²) in [5.74, 6) is 1.47. The minimum absolute atomic E-state index is 0.125. The van der Waals surface area contributed by atoms with Gasteiger partial charge in [-0.1, -0.05) is 41.0 Å². The fourth-order valence-corrected chi connectivity index (χ4v) is 5.92. The summed E-state index contributed by atoms with van der Waals surface area (Å²) in [6.07, 6.45) is 9.88. The second-order valence-electron chi connectivity index (χ2n) is 6.41. The standard InChI is InChI=1S/C15H21IO2/c16-9-10-8-13-15(6-2-1-4-11(10)15)12-5-3-7-17-14(12)18-13/h9,11-14H,1-8H2/b10-9+/t11-,12-,13-,14-,15-/m0/s1. The highest BCUT2D eigenvalue weighted by Crippen LogP contribution is 2.65. The molecule has 0 bridgehead atoms. The molecule has 2 nitrogen and oxygen atoms in total. The average Bonchev–Trinajstić information content (AvgIpc) is 2.88. The lowest BCUT2D eigenvalue weighted by Gasteiger charge is -2.44. The Labute approximate surface area is 123 Å². The molecule has 0 N–H and O–H groups in total. The van der Waals surface area contributed by atoms with Crippen LogP contribution in [-0.4, -0.2) is 19.0 Å². The molecule has 2 aliphatic heterocycles. The maximum atomic E-state index is 6.32. The topological polar surface area (TPSA) is 18.5 Å². The van der Waals surface area contributed by atoms with Gasteiger partial charge in [-0.15, -0.1) is 0 Å². The Balaban J connectivity index is 1.75. The number of hydrogen-bond donors (Lipinski definition) is 0. The van der Waals surface area contributed by atoms with Crippen LogP contribution in [0.3, 0.4) is 0 Å². The van der Waals surface area contributed by atoms with Gasteiger partial charge in [-0.3, -0.25) is 0 Å². The predicted octanol–water partition coefficient (Wildman–Crippen LogP) is 4.04. The van der Waals surface area contributed by atoms with Crippen LogP contribution in [0.1, 0.15) is 44.9 Å². The molecule has 0 aromatic carbocycles. The Bertz CT molecular complexity index is 381. The van der Waals surface area contributed by atoms with Crippen molar-refractivity contribution in [3.8, 4) is 0 Å². The second-order valence-corrected chi connectivity index (χ2v) is 7.03. The maximum absolute atomic E-state index is 6.32. The van der Waals surface area contributed by atoms with Crippen molar-refractivity contribution in [2.75, 3.05) is 6.61 Å². The van der Waals surface area contributed by atoms with Crippen LogP contribution in [0.5, 0.6) is 0 Å². The second kappa shape index (κ2) is 4.45. The summed E-state index contributed by atoms with van der Waals surface area (Å²) < 4.78 is 14.6. The van der Waals surface area contributed by atoms with E-state index in [1.807, 2.05) is 0 Å². The molecule has 4 fully saturated rings. The van der Waals surface area contributed by atoms with Gasteiger partial charge in [-0.05, 0) is 42.1 Å². The van der Waals surface area contributed by atoms with Crippen LogP contribution in [0, 0.1) is 17.3 Å². The van der Waals surface area contributed by atoms with Gasteiger partial charge in [0.2, 0.25) is 0 Å². The average molecular weight is 360 g/mol. The van der Waals surface area contributed by atoms with Gasteiger partial charge in [-0.2, -0.15) is 0 Å². The van der Waals surface area contributed by atoms with E-state index in [1.54, 1.807) is 5.57 Å². The van der Waals surface area contributed by atoms with Crippen molar-refractivity contribution >= 4 is 22.6 Å². The normalized spacial score (nSPS) is 53.1. The lowest BCUT2D eigenvalue weighted by molar-refractivity contribution is -0.167. The minimum atomic E-state index is 0.125. The lowest BCUT2D eigenvalue weighted by atomic mass is 9.59. The largest absolute Gasteiger partial charge is 0.352 e. The molecule has 4 rings (SSSR count). The molecule has 2 heterocycles. The van der Waals surface area contributed by atoms with E-state index in [9.17, 15) is 0 Å². The zero-order chi connectivity index (χ0) is 12.2. The highest BCUT2D eigenvalue weighted by molar-refractivity contribution is 14.1. The van der Waals surface area contributed by atoms with Crippen molar-refractivity contribution in [1.82, 2.24) is 0 Å². The van der Waals surface area contributed by atoms with Crippen LogP contribution in [0.15, 0.2) is 9.66 Å². The summed E-state index contributed by atoms with van der Waals surface area (Å²) in [6.45, 7) is 0.906. The van der Waals surface area contributed by atoms with Gasteiger partial charge in [0, 0.05) is 17.9 Å². The molecule has 18 heavy (non-hydrogen) atoms. The fourth-order valence-electron chi connectivity index (χ4n) is 5.24. The van der Waals surface area contributed by atoms with E-state index in [2.05, 4.69) is 26.7 Å². The molecule has 100 valence electrons. The first kappa shape index (κ1) is 12.2. The molecular formula is C15H21IO2. The number of hydrogen-bond acceptors (Lipinski definition) is 2. The Kier molecular flexibility index (Phi) is 3.01. The van der Waals surface area contributed by atoms with E-state index in [0.717, 1.165) is 12.5 Å². The first-order chi connectivity index (χ1) is 8.86. The van der Waals surface area contributed by atoms with Gasteiger partial charge in [-0.25, -0.2) is 0 Å². The van der Waals surface area contributed by atoms with Gasteiger partial charge >= 0.3 is 0 Å². The molecule has 4 aliphatic rings. The van der Waals surface area contributed by atoms with Crippen LogP contribution in [0.2, 0.25) is 0 Å². The summed E-state index contributed by atoms with van der Waals surface area (Å²) in [6, 6.07) is 0. The third kappa shape index (κ3) is 1.47. The van der Waals surface area contributed by atoms with Crippen molar-refractivity contribution in [3.63, 3.8) is 0 Å². The number of ether oxygens (including phenoxy) is 2. The van der Waals surface area contributed by atoms with Crippen molar-refractivity contribution < 1.29 is 9.47 Å². The van der Waals surface area contributed by atoms with Crippen LogP contribution < -0.4 is 0 Å². The maximum Gasteiger partial charge on any atom is 0.161 e. The molecule has 2 saturated carbocycles. The molecule has 5 atom stereocenters. The number of fused-ring (bicyclic) bond motifs is 1. The van der Waals surface area contributed by atoms with Crippen LogP contribution in [0.25, 0.3) is 0 Å². The molecule has 0 unspecified atom stereocenters. The molecular weight excluding hydrogens is 339 g/mol. The molecule has 0 amide bonds. The van der Waals surface area contributed by atoms with Crippen molar-refractivity contribution in [2.45, 2.75) is 57.3 Å². The summed E-state index contributed by atoms with van der Waals surface area (Å²) >= 11 is 2.43. The molecule has 2 aliphatic carbocycles. The Hall–Kier alpha value is 0.390. The van der Waals surface area contributed by atoms with Crippen LogP contribution in [0.4, 0.5) is 0 Å². The van der Waals surface area contributed by atoms with E-state index in [1.165, 1.54) is 44.9 Å². The Morgan fingerprint density at radius 3 is 3.06 bits per heavy atom. The van der Waals surface area contributed by atoms with Crippen molar-refractivity contribution in [3.05, 3.63) is 9.66 Å². The molecule has 0 radical (unpaired) electrons. The highest BCUT2D eigenvalue weighted by atomic mass is 127. The molecule has 0 aromatic rings. The first-order valence-corrected chi connectivity index (χ1v) is 8.67. The summed E-state index contributed by atoms with van der Waals surface area (Å²) in [5.41, 5.74) is 2.12. The molecule has 2 saturated heterocycles. The Morgan fingerprint density at radius 1 is 1.22 bits per heavy atom. The van der Waals surface area contributed by atoms with Crippen LogP contribution >= 0.6 is 22.6 Å². The third-order valence-corrected chi connectivity index (χ3v) is 6.67. The minimum Gasteiger partial charge on any atom is -0.352 e. The zero-order valence-corrected chi connectivity index (χ0v) is 12.9. The van der Waals surface area contributed by atoms with Crippen molar-refractivity contribution in [2.24, 2.45) is 17.3 Å². The van der Waals surface area contributed by atoms with Gasteiger partial charge in [0.05, 0.1) is 6.10 Å². The van der Waals surface area contributed by atoms with E-state index in [0.29, 0.717) is 17.4 Å².